The zero-order chi connectivity index (χ0) is 15.6. The summed E-state index contributed by atoms with van der Waals surface area (Å²) in [4.78, 5) is 13.5. The van der Waals surface area contributed by atoms with Gasteiger partial charge in [-0.05, 0) is 32.9 Å². The molecular formula is C16H23NO4. The molecule has 1 fully saturated rings. The third-order valence-electron chi connectivity index (χ3n) is 4.51. The zero-order valence-corrected chi connectivity index (χ0v) is 13.0. The van der Waals surface area contributed by atoms with E-state index in [1.54, 1.807) is 14.2 Å². The first kappa shape index (κ1) is 15.6. The molecule has 2 rings (SSSR count). The van der Waals surface area contributed by atoms with Crippen LogP contribution >= 0.6 is 0 Å². The van der Waals surface area contributed by atoms with Gasteiger partial charge in [-0.15, -0.1) is 0 Å². The largest absolute Gasteiger partial charge is 0.497 e. The average Bonchev–Trinajstić information content (AvgIpc) is 2.87. The van der Waals surface area contributed by atoms with Crippen molar-refractivity contribution in [3.8, 4) is 11.5 Å². The fourth-order valence-electron chi connectivity index (χ4n) is 3.18. The summed E-state index contributed by atoms with van der Waals surface area (Å²) in [5.41, 5.74) is 1.05. The molecule has 21 heavy (non-hydrogen) atoms. The van der Waals surface area contributed by atoms with E-state index in [1.807, 2.05) is 25.1 Å². The highest BCUT2D eigenvalue weighted by molar-refractivity contribution is 5.71. The highest BCUT2D eigenvalue weighted by Gasteiger charge is 2.38. The second-order valence-corrected chi connectivity index (χ2v) is 5.50. The van der Waals surface area contributed by atoms with Gasteiger partial charge in [0, 0.05) is 23.7 Å². The normalized spacial score (nSPS) is 23.8. The number of benzene rings is 1. The predicted octanol–water partition coefficient (Wildman–Crippen LogP) is 2.56. The molecule has 1 aromatic carbocycles. The van der Waals surface area contributed by atoms with Crippen molar-refractivity contribution < 1.29 is 19.4 Å². The number of methoxy groups -OCH3 is 2. The average molecular weight is 293 g/mol. The number of nitrogens with zero attached hydrogens (tertiary/aromatic N) is 1. The molecule has 1 heterocycles. The maximum absolute atomic E-state index is 11.3. The van der Waals surface area contributed by atoms with Crippen molar-refractivity contribution in [2.45, 2.75) is 32.4 Å². The van der Waals surface area contributed by atoms with E-state index in [0.717, 1.165) is 23.6 Å². The summed E-state index contributed by atoms with van der Waals surface area (Å²) in [6.07, 6.45) is 0.694. The smallest absolute Gasteiger partial charge is 0.308 e. The van der Waals surface area contributed by atoms with Crippen LogP contribution in [0.5, 0.6) is 11.5 Å². The van der Waals surface area contributed by atoms with Crippen molar-refractivity contribution in [1.29, 1.82) is 0 Å². The monoisotopic (exact) mass is 293 g/mol. The van der Waals surface area contributed by atoms with Crippen LogP contribution in [0.2, 0.25) is 0 Å². The molecule has 1 aliphatic rings. The van der Waals surface area contributed by atoms with Crippen LogP contribution in [0.4, 0.5) is 0 Å². The number of carboxylic acid groups (broad SMARTS) is 1. The van der Waals surface area contributed by atoms with Crippen molar-refractivity contribution in [3.63, 3.8) is 0 Å². The van der Waals surface area contributed by atoms with Gasteiger partial charge in [-0.2, -0.15) is 0 Å². The first-order valence-electron chi connectivity index (χ1n) is 7.20. The van der Waals surface area contributed by atoms with E-state index in [0.29, 0.717) is 6.42 Å². The Hall–Kier alpha value is -1.75. The molecule has 0 radical (unpaired) electrons. The Morgan fingerprint density at radius 1 is 1.38 bits per heavy atom. The van der Waals surface area contributed by atoms with E-state index in [-0.39, 0.29) is 18.0 Å². The van der Waals surface area contributed by atoms with E-state index in [4.69, 9.17) is 9.47 Å². The first-order valence-corrected chi connectivity index (χ1v) is 7.20. The molecule has 0 saturated carbocycles. The number of rotatable bonds is 5. The Morgan fingerprint density at radius 2 is 2.10 bits per heavy atom. The van der Waals surface area contributed by atoms with Crippen molar-refractivity contribution >= 4 is 5.97 Å². The number of carboxylic acids is 1. The number of aliphatic carboxylic acids is 1. The molecule has 3 unspecified atom stereocenters. The predicted molar refractivity (Wildman–Crippen MR) is 79.9 cm³/mol. The minimum atomic E-state index is -0.709. The zero-order valence-electron chi connectivity index (χ0n) is 13.0. The number of hydrogen-bond acceptors (Lipinski definition) is 4. The van der Waals surface area contributed by atoms with Gasteiger partial charge in [-0.25, -0.2) is 0 Å². The molecule has 0 amide bonds. The molecule has 5 heteroatoms. The third-order valence-corrected chi connectivity index (χ3v) is 4.51. The van der Waals surface area contributed by atoms with Gasteiger partial charge in [0.2, 0.25) is 0 Å². The molecule has 0 aromatic heterocycles. The maximum atomic E-state index is 11.3. The molecule has 0 spiro atoms. The van der Waals surface area contributed by atoms with Crippen LogP contribution in [-0.4, -0.2) is 42.8 Å². The summed E-state index contributed by atoms with van der Waals surface area (Å²) in [6, 6.07) is 5.88. The summed E-state index contributed by atoms with van der Waals surface area (Å²) < 4.78 is 10.7. The molecule has 1 aromatic rings. The van der Waals surface area contributed by atoms with Gasteiger partial charge in [0.25, 0.3) is 0 Å². The van der Waals surface area contributed by atoms with Gasteiger partial charge < -0.3 is 14.6 Å². The topological polar surface area (TPSA) is 59.0 Å². The molecule has 3 atom stereocenters. The van der Waals surface area contributed by atoms with Crippen molar-refractivity contribution in [3.05, 3.63) is 23.8 Å². The lowest BCUT2D eigenvalue weighted by atomic mass is 10.0. The Kier molecular flexibility index (Phi) is 4.73. The minimum absolute atomic E-state index is 0.0179. The summed E-state index contributed by atoms with van der Waals surface area (Å²) in [7, 11) is 3.26. The van der Waals surface area contributed by atoms with Gasteiger partial charge in [0.15, 0.2) is 0 Å². The van der Waals surface area contributed by atoms with E-state index in [2.05, 4.69) is 11.8 Å². The van der Waals surface area contributed by atoms with Gasteiger partial charge in [-0.1, -0.05) is 6.07 Å². The standard InChI is InChI=1S/C16H23NO4/c1-10(17-8-7-14(11(17)2)16(18)19)13-6-5-12(20-3)9-15(13)21-4/h5-6,9-11,14H,7-8H2,1-4H3,(H,18,19). The molecule has 116 valence electrons. The highest BCUT2D eigenvalue weighted by Crippen LogP contribution is 2.37. The summed E-state index contributed by atoms with van der Waals surface area (Å²) in [6.45, 7) is 4.86. The Balaban J connectivity index is 2.24. The highest BCUT2D eigenvalue weighted by atomic mass is 16.5. The Labute approximate surface area is 125 Å². The third kappa shape index (κ3) is 2.97. The van der Waals surface area contributed by atoms with Crippen LogP contribution in [0.15, 0.2) is 18.2 Å². The first-order chi connectivity index (χ1) is 9.99. The quantitative estimate of drug-likeness (QED) is 0.904. The summed E-state index contributed by atoms with van der Waals surface area (Å²) in [5, 5.41) is 9.25. The van der Waals surface area contributed by atoms with Crippen molar-refractivity contribution in [2.75, 3.05) is 20.8 Å². The lowest BCUT2D eigenvalue weighted by Gasteiger charge is -2.31. The Morgan fingerprint density at radius 3 is 2.62 bits per heavy atom. The van der Waals surface area contributed by atoms with Crippen LogP contribution in [0.25, 0.3) is 0 Å². The van der Waals surface area contributed by atoms with Crippen LogP contribution in [0.3, 0.4) is 0 Å². The van der Waals surface area contributed by atoms with Crippen LogP contribution in [0, 0.1) is 5.92 Å². The second-order valence-electron chi connectivity index (χ2n) is 5.50. The molecule has 1 saturated heterocycles. The molecule has 0 aliphatic carbocycles. The molecule has 0 bridgehead atoms. The second kappa shape index (κ2) is 6.35. The van der Waals surface area contributed by atoms with Gasteiger partial charge in [-0.3, -0.25) is 9.69 Å². The fourth-order valence-corrected chi connectivity index (χ4v) is 3.18. The minimum Gasteiger partial charge on any atom is -0.497 e. The van der Waals surface area contributed by atoms with Crippen LogP contribution in [0.1, 0.15) is 31.9 Å². The van der Waals surface area contributed by atoms with Gasteiger partial charge >= 0.3 is 5.97 Å². The van der Waals surface area contributed by atoms with E-state index >= 15 is 0 Å². The van der Waals surface area contributed by atoms with E-state index in [9.17, 15) is 9.90 Å². The molecule has 1 N–H and O–H groups in total. The molecular weight excluding hydrogens is 270 g/mol. The number of carbonyl (C=O) groups is 1. The lowest BCUT2D eigenvalue weighted by Crippen LogP contribution is -2.35. The number of likely N-dealkylation sites (tertiary alicyclic amines) is 1. The van der Waals surface area contributed by atoms with Gasteiger partial charge in [0.1, 0.15) is 11.5 Å². The van der Waals surface area contributed by atoms with Crippen LogP contribution < -0.4 is 9.47 Å². The lowest BCUT2D eigenvalue weighted by molar-refractivity contribution is -0.142. The molecule has 1 aliphatic heterocycles. The van der Waals surface area contributed by atoms with E-state index in [1.165, 1.54) is 0 Å². The Bertz CT molecular complexity index is 517. The maximum Gasteiger partial charge on any atom is 0.308 e. The SMILES string of the molecule is COc1ccc(C(C)N2CCC(C(=O)O)C2C)c(OC)c1. The van der Waals surface area contributed by atoms with E-state index < -0.39 is 5.97 Å². The summed E-state index contributed by atoms with van der Waals surface area (Å²) >= 11 is 0. The van der Waals surface area contributed by atoms with Crippen molar-refractivity contribution in [2.24, 2.45) is 5.92 Å². The summed E-state index contributed by atoms with van der Waals surface area (Å²) in [5.74, 6) is 0.518. The van der Waals surface area contributed by atoms with Gasteiger partial charge in [0.05, 0.1) is 20.1 Å². The fraction of sp³-hybridized carbons (Fsp3) is 0.562. The molecule has 5 nitrogen and oxygen atoms in total. The number of hydrogen-bond donors (Lipinski definition) is 1. The number of ether oxygens (including phenoxy) is 2. The van der Waals surface area contributed by atoms with Crippen LogP contribution in [-0.2, 0) is 4.79 Å². The van der Waals surface area contributed by atoms with Crippen molar-refractivity contribution in [1.82, 2.24) is 4.90 Å².